The minimum absolute atomic E-state index is 0.00322. The van der Waals surface area contributed by atoms with E-state index < -0.39 is 22.6 Å². The third kappa shape index (κ3) is 3.20. The van der Waals surface area contributed by atoms with E-state index in [-0.39, 0.29) is 15.5 Å². The Balaban J connectivity index is 3.17. The standard InChI is InChI=1S/C10H9ClN2O4S/c1-13-18(15,16)9-6-7(2-3-8(9)11)10(14)17-5-4-12/h2-3,6,13H,5H2,1H3. The van der Waals surface area contributed by atoms with Gasteiger partial charge in [-0.25, -0.2) is 17.9 Å². The maximum absolute atomic E-state index is 11.6. The molecule has 1 aromatic rings. The highest BCUT2D eigenvalue weighted by molar-refractivity contribution is 7.89. The molecule has 0 radical (unpaired) electrons. The summed E-state index contributed by atoms with van der Waals surface area (Å²) in [4.78, 5) is 11.2. The zero-order chi connectivity index (χ0) is 13.8. The van der Waals surface area contributed by atoms with Gasteiger partial charge in [0.1, 0.15) is 11.0 Å². The van der Waals surface area contributed by atoms with Crippen molar-refractivity contribution in [2.24, 2.45) is 0 Å². The average Bonchev–Trinajstić information content (AvgIpc) is 2.36. The first-order valence-corrected chi connectivity index (χ1v) is 6.55. The normalized spacial score (nSPS) is 10.7. The molecule has 0 saturated carbocycles. The van der Waals surface area contributed by atoms with Crippen LogP contribution in [0.2, 0.25) is 5.02 Å². The Hall–Kier alpha value is -1.62. The predicted molar refractivity (Wildman–Crippen MR) is 63.6 cm³/mol. The Morgan fingerprint density at radius 1 is 1.56 bits per heavy atom. The Morgan fingerprint density at radius 3 is 2.78 bits per heavy atom. The molecular formula is C10H9ClN2O4S. The fourth-order valence-electron chi connectivity index (χ4n) is 1.13. The Labute approximate surface area is 109 Å². The van der Waals surface area contributed by atoms with Gasteiger partial charge in [-0.1, -0.05) is 11.6 Å². The van der Waals surface area contributed by atoms with Crippen molar-refractivity contribution in [1.29, 1.82) is 5.26 Å². The summed E-state index contributed by atoms with van der Waals surface area (Å²) in [5.74, 6) is -0.791. The molecule has 96 valence electrons. The third-order valence-corrected chi connectivity index (χ3v) is 3.89. The number of nitrogens with zero attached hydrogens (tertiary/aromatic N) is 1. The Kier molecular flexibility index (Phi) is 4.67. The number of sulfonamides is 1. The minimum Gasteiger partial charge on any atom is -0.447 e. The topological polar surface area (TPSA) is 96.3 Å². The van der Waals surface area contributed by atoms with Crippen molar-refractivity contribution in [2.45, 2.75) is 4.90 Å². The summed E-state index contributed by atoms with van der Waals surface area (Å²) in [6, 6.07) is 5.32. The molecule has 6 nitrogen and oxygen atoms in total. The fourth-order valence-corrected chi connectivity index (χ4v) is 2.38. The van der Waals surface area contributed by atoms with Crippen LogP contribution < -0.4 is 4.72 Å². The number of hydrogen-bond donors (Lipinski definition) is 1. The molecule has 0 aliphatic rings. The fraction of sp³-hybridized carbons (Fsp3) is 0.200. The van der Waals surface area contributed by atoms with E-state index >= 15 is 0 Å². The number of rotatable bonds is 4. The van der Waals surface area contributed by atoms with Crippen molar-refractivity contribution in [3.63, 3.8) is 0 Å². The zero-order valence-electron chi connectivity index (χ0n) is 9.31. The maximum atomic E-state index is 11.6. The van der Waals surface area contributed by atoms with Gasteiger partial charge < -0.3 is 4.74 Å². The number of hydrogen-bond acceptors (Lipinski definition) is 5. The lowest BCUT2D eigenvalue weighted by molar-refractivity contribution is 0.0554. The molecule has 0 spiro atoms. The lowest BCUT2D eigenvalue weighted by Crippen LogP contribution is -2.19. The monoisotopic (exact) mass is 288 g/mol. The first kappa shape index (κ1) is 14.4. The molecule has 18 heavy (non-hydrogen) atoms. The van der Waals surface area contributed by atoms with E-state index in [4.69, 9.17) is 16.9 Å². The van der Waals surface area contributed by atoms with Gasteiger partial charge in [-0.15, -0.1) is 0 Å². The van der Waals surface area contributed by atoms with E-state index in [1.807, 2.05) is 0 Å². The quantitative estimate of drug-likeness (QED) is 0.831. The highest BCUT2D eigenvalue weighted by atomic mass is 35.5. The van der Waals surface area contributed by atoms with Gasteiger partial charge in [0.15, 0.2) is 6.61 Å². The van der Waals surface area contributed by atoms with Crippen molar-refractivity contribution < 1.29 is 17.9 Å². The summed E-state index contributed by atoms with van der Waals surface area (Å²) in [5.41, 5.74) is 0.00322. The molecule has 0 heterocycles. The van der Waals surface area contributed by atoms with Crippen LogP contribution >= 0.6 is 11.6 Å². The van der Waals surface area contributed by atoms with Crippen molar-refractivity contribution >= 4 is 27.6 Å². The van der Waals surface area contributed by atoms with E-state index in [0.29, 0.717) is 0 Å². The molecule has 0 atom stereocenters. The van der Waals surface area contributed by atoms with E-state index in [2.05, 4.69) is 9.46 Å². The zero-order valence-corrected chi connectivity index (χ0v) is 10.9. The van der Waals surface area contributed by atoms with Gasteiger partial charge in [-0.2, -0.15) is 5.26 Å². The van der Waals surface area contributed by atoms with Crippen LogP contribution in [0, 0.1) is 11.3 Å². The highest BCUT2D eigenvalue weighted by Gasteiger charge is 2.18. The molecule has 8 heteroatoms. The molecule has 0 aliphatic carbocycles. The smallest absolute Gasteiger partial charge is 0.339 e. The molecule has 1 N–H and O–H groups in total. The van der Waals surface area contributed by atoms with Gasteiger partial charge in [0, 0.05) is 0 Å². The SMILES string of the molecule is CNS(=O)(=O)c1cc(C(=O)OCC#N)ccc1Cl. The van der Waals surface area contributed by atoms with Crippen LogP contribution in [-0.2, 0) is 14.8 Å². The van der Waals surface area contributed by atoms with Gasteiger partial charge in [0.05, 0.1) is 10.6 Å². The molecule has 0 saturated heterocycles. The molecule has 0 aliphatic heterocycles. The highest BCUT2D eigenvalue weighted by Crippen LogP contribution is 2.22. The van der Waals surface area contributed by atoms with Crippen LogP contribution in [0.15, 0.2) is 23.1 Å². The van der Waals surface area contributed by atoms with Crippen molar-refractivity contribution in [3.05, 3.63) is 28.8 Å². The summed E-state index contributed by atoms with van der Waals surface area (Å²) in [6.07, 6.45) is 0. The number of nitrogens with one attached hydrogen (secondary N) is 1. The maximum Gasteiger partial charge on any atom is 0.339 e. The molecule has 0 amide bonds. The van der Waals surface area contributed by atoms with Gasteiger partial charge in [0.2, 0.25) is 10.0 Å². The number of carbonyl (C=O) groups excluding carboxylic acids is 1. The Bertz CT molecular complexity index is 607. The van der Waals surface area contributed by atoms with Crippen LogP contribution in [-0.4, -0.2) is 28.0 Å². The number of benzene rings is 1. The number of carbonyl (C=O) groups is 1. The number of ether oxygens (including phenoxy) is 1. The van der Waals surface area contributed by atoms with Crippen LogP contribution in [0.25, 0.3) is 0 Å². The molecule has 1 rings (SSSR count). The van der Waals surface area contributed by atoms with Crippen LogP contribution in [0.4, 0.5) is 0 Å². The van der Waals surface area contributed by atoms with Gasteiger partial charge in [0.25, 0.3) is 0 Å². The third-order valence-electron chi connectivity index (χ3n) is 1.99. The number of halogens is 1. The summed E-state index contributed by atoms with van der Waals surface area (Å²) >= 11 is 5.74. The van der Waals surface area contributed by atoms with Gasteiger partial charge in [-0.05, 0) is 25.2 Å². The summed E-state index contributed by atoms with van der Waals surface area (Å²) in [7, 11) is -2.53. The number of nitriles is 1. The lowest BCUT2D eigenvalue weighted by atomic mass is 10.2. The van der Waals surface area contributed by atoms with Gasteiger partial charge >= 0.3 is 5.97 Å². The summed E-state index contributed by atoms with van der Waals surface area (Å²) < 4.78 is 29.9. The molecular weight excluding hydrogens is 280 g/mol. The first-order valence-electron chi connectivity index (χ1n) is 4.69. The van der Waals surface area contributed by atoms with Crippen molar-refractivity contribution in [3.8, 4) is 6.07 Å². The molecule has 0 unspecified atom stereocenters. The van der Waals surface area contributed by atoms with Crippen molar-refractivity contribution in [2.75, 3.05) is 13.7 Å². The average molecular weight is 289 g/mol. The van der Waals surface area contributed by atoms with Crippen LogP contribution in [0.5, 0.6) is 0 Å². The second kappa shape index (κ2) is 5.82. The van der Waals surface area contributed by atoms with E-state index in [1.54, 1.807) is 6.07 Å². The molecule has 0 bridgehead atoms. The second-order valence-corrected chi connectivity index (χ2v) is 5.35. The molecule has 1 aromatic carbocycles. The van der Waals surface area contributed by atoms with Gasteiger partial charge in [-0.3, -0.25) is 0 Å². The minimum atomic E-state index is -3.76. The van der Waals surface area contributed by atoms with E-state index in [0.717, 1.165) is 6.07 Å². The van der Waals surface area contributed by atoms with E-state index in [1.165, 1.54) is 19.2 Å². The number of esters is 1. The van der Waals surface area contributed by atoms with Crippen LogP contribution in [0.1, 0.15) is 10.4 Å². The summed E-state index contributed by atoms with van der Waals surface area (Å²) in [6.45, 7) is -0.407. The second-order valence-electron chi connectivity index (χ2n) is 3.09. The van der Waals surface area contributed by atoms with Crippen LogP contribution in [0.3, 0.4) is 0 Å². The van der Waals surface area contributed by atoms with E-state index in [9.17, 15) is 13.2 Å². The van der Waals surface area contributed by atoms with Crippen molar-refractivity contribution in [1.82, 2.24) is 4.72 Å². The lowest BCUT2D eigenvalue weighted by Gasteiger charge is -2.07. The summed E-state index contributed by atoms with van der Waals surface area (Å²) in [5, 5.41) is 8.26. The first-order chi connectivity index (χ1) is 8.42. The largest absolute Gasteiger partial charge is 0.447 e. The molecule has 0 fully saturated rings. The predicted octanol–water partition coefficient (Wildman–Crippen LogP) is 0.928. The Morgan fingerprint density at radius 2 is 2.22 bits per heavy atom. The molecule has 0 aromatic heterocycles.